The third-order valence-corrected chi connectivity index (χ3v) is 3.76. The van der Waals surface area contributed by atoms with E-state index in [4.69, 9.17) is 9.15 Å². The molecular weight excluding hydrogens is 296 g/mol. The van der Waals surface area contributed by atoms with Crippen molar-refractivity contribution in [2.24, 2.45) is 0 Å². The van der Waals surface area contributed by atoms with Crippen LogP contribution in [0.2, 0.25) is 0 Å². The van der Waals surface area contributed by atoms with Crippen LogP contribution in [0.3, 0.4) is 0 Å². The number of anilines is 1. The second-order valence-corrected chi connectivity index (χ2v) is 5.34. The average molecular weight is 310 g/mol. The minimum absolute atomic E-state index is 0.154. The number of fused-ring (bicyclic) bond motifs is 1. The number of amides is 1. The summed E-state index contributed by atoms with van der Waals surface area (Å²) in [4.78, 5) is 24.6. The average Bonchev–Trinajstić information content (AvgIpc) is 3.27. The van der Waals surface area contributed by atoms with Crippen LogP contribution in [0.4, 0.5) is 5.82 Å². The van der Waals surface area contributed by atoms with Crippen LogP contribution in [0.1, 0.15) is 12.8 Å². The standard InChI is InChI=1S/C16H14N4O3/c21-16(13-2-1-3-22-13)20-15-5-10-4-12(14-8-17-9-23-14)18-6-11(10)7-19-15/h4-9,13H,1-3H2,(H,19,20,21)/t13-/m1/s1. The Morgan fingerprint density at radius 3 is 2.87 bits per heavy atom. The number of nitrogens with one attached hydrogen (secondary N) is 1. The molecule has 0 aliphatic carbocycles. The Bertz CT molecular complexity index is 842. The molecule has 1 aliphatic heterocycles. The number of hydrogen-bond donors (Lipinski definition) is 1. The minimum Gasteiger partial charge on any atom is -0.442 e. The molecule has 0 saturated carbocycles. The summed E-state index contributed by atoms with van der Waals surface area (Å²) in [6.45, 7) is 0.634. The summed E-state index contributed by atoms with van der Waals surface area (Å²) >= 11 is 0. The van der Waals surface area contributed by atoms with Crippen LogP contribution in [0.25, 0.3) is 22.2 Å². The van der Waals surface area contributed by atoms with Crippen molar-refractivity contribution in [3.63, 3.8) is 0 Å². The zero-order valence-electron chi connectivity index (χ0n) is 12.2. The molecule has 1 N–H and O–H groups in total. The number of pyridine rings is 2. The molecule has 1 fully saturated rings. The van der Waals surface area contributed by atoms with Gasteiger partial charge in [0, 0.05) is 24.4 Å². The SMILES string of the molecule is O=C(Nc1cc2cc(-c3cnco3)ncc2cn1)[C@H]1CCCO1. The van der Waals surface area contributed by atoms with Crippen LogP contribution in [0.5, 0.6) is 0 Å². The second kappa shape index (κ2) is 5.77. The third kappa shape index (κ3) is 2.78. The Morgan fingerprint density at radius 1 is 1.17 bits per heavy atom. The molecule has 3 aromatic rings. The van der Waals surface area contributed by atoms with Crippen LogP contribution in [-0.2, 0) is 9.53 Å². The van der Waals surface area contributed by atoms with E-state index in [9.17, 15) is 4.79 Å². The maximum atomic E-state index is 12.1. The summed E-state index contributed by atoms with van der Waals surface area (Å²) in [5, 5.41) is 4.58. The highest BCUT2D eigenvalue weighted by Crippen LogP contribution is 2.23. The van der Waals surface area contributed by atoms with Crippen molar-refractivity contribution in [2.45, 2.75) is 18.9 Å². The summed E-state index contributed by atoms with van der Waals surface area (Å²) < 4.78 is 10.6. The molecule has 0 aromatic carbocycles. The van der Waals surface area contributed by atoms with Crippen LogP contribution in [0, 0.1) is 0 Å². The van der Waals surface area contributed by atoms with Crippen LogP contribution in [-0.4, -0.2) is 33.6 Å². The quantitative estimate of drug-likeness (QED) is 0.799. The molecule has 4 rings (SSSR count). The van der Waals surface area contributed by atoms with Gasteiger partial charge in [0.2, 0.25) is 0 Å². The summed E-state index contributed by atoms with van der Waals surface area (Å²) in [5.41, 5.74) is 0.678. The van der Waals surface area contributed by atoms with Crippen molar-refractivity contribution in [1.29, 1.82) is 0 Å². The van der Waals surface area contributed by atoms with Gasteiger partial charge in [-0.25, -0.2) is 9.97 Å². The molecule has 7 heteroatoms. The van der Waals surface area contributed by atoms with Gasteiger partial charge in [-0.05, 0) is 30.4 Å². The Hall–Kier alpha value is -2.80. The molecule has 1 amide bonds. The van der Waals surface area contributed by atoms with E-state index < -0.39 is 0 Å². The molecule has 3 aromatic heterocycles. The van der Waals surface area contributed by atoms with Gasteiger partial charge in [-0.3, -0.25) is 9.78 Å². The molecule has 23 heavy (non-hydrogen) atoms. The molecule has 0 spiro atoms. The first-order valence-corrected chi connectivity index (χ1v) is 7.37. The van der Waals surface area contributed by atoms with E-state index in [1.807, 2.05) is 12.1 Å². The normalized spacial score (nSPS) is 17.5. The largest absolute Gasteiger partial charge is 0.442 e. The number of carbonyl (C=O) groups is 1. The Kier molecular flexibility index (Phi) is 3.47. The van der Waals surface area contributed by atoms with Gasteiger partial charge in [-0.1, -0.05) is 0 Å². The Labute approximate surface area is 131 Å². The molecule has 1 aliphatic rings. The molecule has 7 nitrogen and oxygen atoms in total. The van der Waals surface area contributed by atoms with E-state index in [1.54, 1.807) is 18.6 Å². The van der Waals surface area contributed by atoms with Crippen molar-refractivity contribution in [3.05, 3.63) is 37.1 Å². The van der Waals surface area contributed by atoms with Crippen molar-refractivity contribution in [3.8, 4) is 11.5 Å². The van der Waals surface area contributed by atoms with Crippen molar-refractivity contribution in [2.75, 3.05) is 11.9 Å². The Morgan fingerprint density at radius 2 is 2.09 bits per heavy atom. The van der Waals surface area contributed by atoms with Crippen LogP contribution >= 0.6 is 0 Å². The number of ether oxygens (including phenoxy) is 1. The van der Waals surface area contributed by atoms with E-state index >= 15 is 0 Å². The fourth-order valence-corrected chi connectivity index (χ4v) is 2.57. The first kappa shape index (κ1) is 13.8. The summed E-state index contributed by atoms with van der Waals surface area (Å²) in [6.07, 6.45) is 7.64. The predicted octanol–water partition coefficient (Wildman–Crippen LogP) is 2.40. The number of hydrogen-bond acceptors (Lipinski definition) is 6. The maximum Gasteiger partial charge on any atom is 0.254 e. The highest BCUT2D eigenvalue weighted by molar-refractivity contribution is 5.95. The topological polar surface area (TPSA) is 90.1 Å². The highest BCUT2D eigenvalue weighted by atomic mass is 16.5. The zero-order valence-corrected chi connectivity index (χ0v) is 12.2. The van der Waals surface area contributed by atoms with E-state index in [0.29, 0.717) is 23.9 Å². The second-order valence-electron chi connectivity index (χ2n) is 5.34. The monoisotopic (exact) mass is 310 g/mol. The van der Waals surface area contributed by atoms with Gasteiger partial charge < -0.3 is 14.5 Å². The smallest absolute Gasteiger partial charge is 0.254 e. The lowest BCUT2D eigenvalue weighted by molar-refractivity contribution is -0.124. The van der Waals surface area contributed by atoms with Crippen molar-refractivity contribution < 1.29 is 13.9 Å². The van der Waals surface area contributed by atoms with E-state index in [1.165, 1.54) is 6.39 Å². The van der Waals surface area contributed by atoms with E-state index in [-0.39, 0.29) is 12.0 Å². The number of nitrogens with zero attached hydrogens (tertiary/aromatic N) is 3. The van der Waals surface area contributed by atoms with Gasteiger partial charge in [-0.15, -0.1) is 0 Å². The van der Waals surface area contributed by atoms with Gasteiger partial charge in [-0.2, -0.15) is 0 Å². The van der Waals surface area contributed by atoms with Gasteiger partial charge in [0.1, 0.15) is 17.6 Å². The lowest BCUT2D eigenvalue weighted by Gasteiger charge is -2.10. The maximum absolute atomic E-state index is 12.1. The van der Waals surface area contributed by atoms with Crippen molar-refractivity contribution in [1.82, 2.24) is 15.0 Å². The third-order valence-electron chi connectivity index (χ3n) is 3.76. The van der Waals surface area contributed by atoms with E-state index in [2.05, 4.69) is 20.3 Å². The fraction of sp³-hybridized carbons (Fsp3) is 0.250. The van der Waals surface area contributed by atoms with Gasteiger partial charge in [0.15, 0.2) is 12.2 Å². The first-order chi connectivity index (χ1) is 11.3. The minimum atomic E-state index is -0.380. The summed E-state index contributed by atoms with van der Waals surface area (Å²) in [6, 6.07) is 3.68. The highest BCUT2D eigenvalue weighted by Gasteiger charge is 2.23. The number of rotatable bonds is 3. The lowest BCUT2D eigenvalue weighted by atomic mass is 10.2. The predicted molar refractivity (Wildman–Crippen MR) is 82.6 cm³/mol. The molecule has 1 saturated heterocycles. The van der Waals surface area contributed by atoms with Crippen molar-refractivity contribution >= 4 is 22.5 Å². The molecule has 1 atom stereocenters. The molecule has 116 valence electrons. The fourth-order valence-electron chi connectivity index (χ4n) is 2.57. The lowest BCUT2D eigenvalue weighted by Crippen LogP contribution is -2.27. The van der Waals surface area contributed by atoms with Gasteiger partial charge >= 0.3 is 0 Å². The summed E-state index contributed by atoms with van der Waals surface area (Å²) in [5.74, 6) is 0.931. The molecular formula is C16H14N4O3. The molecule has 0 unspecified atom stereocenters. The number of carbonyl (C=O) groups excluding carboxylic acids is 1. The van der Waals surface area contributed by atoms with Crippen LogP contribution < -0.4 is 5.32 Å². The molecule has 4 heterocycles. The van der Waals surface area contributed by atoms with Crippen LogP contribution in [0.15, 0.2) is 41.5 Å². The Balaban J connectivity index is 1.62. The molecule has 0 radical (unpaired) electrons. The van der Waals surface area contributed by atoms with E-state index in [0.717, 1.165) is 23.6 Å². The molecule has 0 bridgehead atoms. The number of aromatic nitrogens is 3. The summed E-state index contributed by atoms with van der Waals surface area (Å²) in [7, 11) is 0. The van der Waals surface area contributed by atoms with Gasteiger partial charge in [0.05, 0.1) is 6.20 Å². The zero-order chi connectivity index (χ0) is 15.6. The number of oxazole rings is 1. The van der Waals surface area contributed by atoms with Gasteiger partial charge in [0.25, 0.3) is 5.91 Å². The first-order valence-electron chi connectivity index (χ1n) is 7.37.